The largest absolute Gasteiger partial charge is 0.493 e. The van der Waals surface area contributed by atoms with Gasteiger partial charge in [0, 0.05) is 6.54 Å². The minimum absolute atomic E-state index is 0.0424. The molecule has 3 aromatic rings. The Kier molecular flexibility index (Phi) is 5.37. The molecule has 6 heteroatoms. The molecule has 1 amide bonds. The summed E-state index contributed by atoms with van der Waals surface area (Å²) in [6.45, 7) is 0.746. The SMILES string of the molecule is COc1cc2c(cc1OC)[C@H]1C(=O)N(/N=C/c3ccccc3)[C@H](c3ccccc3)N1CC2. The first-order chi connectivity index (χ1) is 15.7. The summed E-state index contributed by atoms with van der Waals surface area (Å²) in [5, 5.41) is 6.29. The lowest BCUT2D eigenvalue weighted by Crippen LogP contribution is -2.35. The number of hydrogen-bond acceptors (Lipinski definition) is 5. The average molecular weight is 428 g/mol. The van der Waals surface area contributed by atoms with Crippen molar-refractivity contribution in [3.63, 3.8) is 0 Å². The molecule has 0 radical (unpaired) electrons. The van der Waals surface area contributed by atoms with E-state index in [1.165, 1.54) is 0 Å². The van der Waals surface area contributed by atoms with Crippen LogP contribution >= 0.6 is 0 Å². The van der Waals surface area contributed by atoms with Gasteiger partial charge in [0.15, 0.2) is 11.5 Å². The van der Waals surface area contributed by atoms with Crippen molar-refractivity contribution in [1.29, 1.82) is 0 Å². The normalized spacial score (nSPS) is 20.3. The molecule has 32 heavy (non-hydrogen) atoms. The molecule has 2 atom stereocenters. The van der Waals surface area contributed by atoms with Crippen molar-refractivity contribution in [2.24, 2.45) is 5.10 Å². The van der Waals surface area contributed by atoms with E-state index in [1.54, 1.807) is 25.4 Å². The summed E-state index contributed by atoms with van der Waals surface area (Å²) in [5.41, 5.74) is 4.05. The third-order valence-electron chi connectivity index (χ3n) is 6.14. The summed E-state index contributed by atoms with van der Waals surface area (Å²) in [4.78, 5) is 16.0. The van der Waals surface area contributed by atoms with E-state index >= 15 is 0 Å². The third-order valence-corrected chi connectivity index (χ3v) is 6.14. The second-order valence-electron chi connectivity index (χ2n) is 7.92. The van der Waals surface area contributed by atoms with Crippen molar-refractivity contribution in [2.45, 2.75) is 18.6 Å². The Labute approximate surface area is 187 Å². The lowest BCUT2D eigenvalue weighted by molar-refractivity contribution is -0.130. The van der Waals surface area contributed by atoms with Crippen LogP contribution in [0, 0.1) is 0 Å². The van der Waals surface area contributed by atoms with Gasteiger partial charge in [0.25, 0.3) is 5.91 Å². The first-order valence-electron chi connectivity index (χ1n) is 10.7. The van der Waals surface area contributed by atoms with Crippen LogP contribution in [0.5, 0.6) is 11.5 Å². The van der Waals surface area contributed by atoms with Gasteiger partial charge >= 0.3 is 0 Å². The number of hydrazone groups is 1. The van der Waals surface area contributed by atoms with Gasteiger partial charge in [-0.3, -0.25) is 9.69 Å². The highest BCUT2D eigenvalue weighted by molar-refractivity contribution is 5.89. The van der Waals surface area contributed by atoms with E-state index in [4.69, 9.17) is 9.47 Å². The summed E-state index contributed by atoms with van der Waals surface area (Å²) in [5.74, 6) is 1.27. The minimum atomic E-state index is -0.420. The number of hydrogen-bond donors (Lipinski definition) is 0. The molecule has 2 aliphatic heterocycles. The van der Waals surface area contributed by atoms with Crippen LogP contribution in [-0.2, 0) is 11.2 Å². The quantitative estimate of drug-likeness (QED) is 0.574. The van der Waals surface area contributed by atoms with E-state index in [0.717, 1.165) is 35.2 Å². The van der Waals surface area contributed by atoms with Gasteiger partial charge in [-0.25, -0.2) is 5.01 Å². The second kappa shape index (κ2) is 8.48. The maximum atomic E-state index is 13.8. The molecule has 0 saturated carbocycles. The van der Waals surface area contributed by atoms with Gasteiger partial charge in [-0.2, -0.15) is 5.10 Å². The maximum Gasteiger partial charge on any atom is 0.266 e. The Bertz CT molecular complexity index is 1150. The van der Waals surface area contributed by atoms with Gasteiger partial charge in [0.05, 0.1) is 20.4 Å². The molecule has 0 aliphatic carbocycles. The highest BCUT2D eigenvalue weighted by Gasteiger charge is 2.50. The summed E-state index contributed by atoms with van der Waals surface area (Å²) in [6.07, 6.45) is 2.30. The summed E-state index contributed by atoms with van der Waals surface area (Å²) in [6, 6.07) is 23.4. The smallest absolute Gasteiger partial charge is 0.266 e. The van der Waals surface area contributed by atoms with Crippen molar-refractivity contribution >= 4 is 12.1 Å². The molecule has 3 aromatic carbocycles. The number of carbonyl (C=O) groups excluding carboxylic acids is 1. The van der Waals surface area contributed by atoms with Crippen LogP contribution in [0.3, 0.4) is 0 Å². The molecule has 0 unspecified atom stereocenters. The van der Waals surface area contributed by atoms with E-state index in [1.807, 2.05) is 60.7 Å². The Morgan fingerprint density at radius 1 is 0.938 bits per heavy atom. The van der Waals surface area contributed by atoms with E-state index in [0.29, 0.717) is 11.5 Å². The van der Waals surface area contributed by atoms with E-state index in [2.05, 4.69) is 22.1 Å². The molecule has 5 rings (SSSR count). The number of amides is 1. The van der Waals surface area contributed by atoms with Gasteiger partial charge in [-0.1, -0.05) is 60.7 Å². The number of carbonyl (C=O) groups is 1. The first-order valence-corrected chi connectivity index (χ1v) is 10.7. The first kappa shape index (κ1) is 20.3. The highest BCUT2D eigenvalue weighted by atomic mass is 16.5. The van der Waals surface area contributed by atoms with Crippen molar-refractivity contribution in [1.82, 2.24) is 9.91 Å². The zero-order valence-electron chi connectivity index (χ0n) is 18.1. The number of rotatable bonds is 5. The number of nitrogens with zero attached hydrogens (tertiary/aromatic N) is 3. The van der Waals surface area contributed by atoms with Crippen LogP contribution in [0.25, 0.3) is 0 Å². The molecule has 0 bridgehead atoms. The van der Waals surface area contributed by atoms with Crippen LogP contribution in [0.1, 0.15) is 34.5 Å². The molecular formula is C26H25N3O3. The van der Waals surface area contributed by atoms with Crippen molar-refractivity contribution in [3.8, 4) is 11.5 Å². The average Bonchev–Trinajstić information content (AvgIpc) is 3.14. The Balaban J connectivity index is 1.59. The van der Waals surface area contributed by atoms with Gasteiger partial charge in [-0.15, -0.1) is 0 Å². The lowest BCUT2D eigenvalue weighted by atomic mass is 9.92. The topological polar surface area (TPSA) is 54.4 Å². The van der Waals surface area contributed by atoms with Gasteiger partial charge in [0.1, 0.15) is 12.2 Å². The number of ether oxygens (including phenoxy) is 2. The summed E-state index contributed by atoms with van der Waals surface area (Å²) in [7, 11) is 3.25. The van der Waals surface area contributed by atoms with E-state index in [9.17, 15) is 4.79 Å². The Morgan fingerprint density at radius 3 is 2.28 bits per heavy atom. The maximum absolute atomic E-state index is 13.8. The van der Waals surface area contributed by atoms with E-state index in [-0.39, 0.29) is 12.1 Å². The van der Waals surface area contributed by atoms with Gasteiger partial charge < -0.3 is 9.47 Å². The number of fused-ring (bicyclic) bond motifs is 3. The van der Waals surface area contributed by atoms with Crippen LogP contribution in [0.2, 0.25) is 0 Å². The molecule has 2 heterocycles. The van der Waals surface area contributed by atoms with Crippen molar-refractivity contribution in [2.75, 3.05) is 20.8 Å². The van der Waals surface area contributed by atoms with Crippen LogP contribution in [0.15, 0.2) is 77.9 Å². The van der Waals surface area contributed by atoms with Gasteiger partial charge in [-0.05, 0) is 40.8 Å². The van der Waals surface area contributed by atoms with Gasteiger partial charge in [0.2, 0.25) is 0 Å². The molecule has 0 N–H and O–H groups in total. The Morgan fingerprint density at radius 2 is 1.59 bits per heavy atom. The Hall–Kier alpha value is -3.64. The van der Waals surface area contributed by atoms with Crippen molar-refractivity contribution < 1.29 is 14.3 Å². The monoisotopic (exact) mass is 427 g/mol. The lowest BCUT2D eigenvalue weighted by Gasteiger charge is -2.34. The molecule has 162 valence electrons. The fourth-order valence-electron chi connectivity index (χ4n) is 4.64. The zero-order valence-corrected chi connectivity index (χ0v) is 18.1. The predicted molar refractivity (Wildman–Crippen MR) is 123 cm³/mol. The fraction of sp³-hybridized carbons (Fsp3) is 0.231. The number of benzene rings is 3. The number of methoxy groups -OCH3 is 2. The molecule has 1 saturated heterocycles. The summed E-state index contributed by atoms with van der Waals surface area (Å²) < 4.78 is 11.0. The van der Waals surface area contributed by atoms with E-state index < -0.39 is 6.04 Å². The molecule has 6 nitrogen and oxygen atoms in total. The summed E-state index contributed by atoms with van der Waals surface area (Å²) >= 11 is 0. The van der Waals surface area contributed by atoms with Crippen LogP contribution in [0.4, 0.5) is 0 Å². The fourth-order valence-corrected chi connectivity index (χ4v) is 4.64. The minimum Gasteiger partial charge on any atom is -0.493 e. The third kappa shape index (κ3) is 3.42. The molecule has 0 spiro atoms. The second-order valence-corrected chi connectivity index (χ2v) is 7.92. The molecular weight excluding hydrogens is 402 g/mol. The van der Waals surface area contributed by atoms with Crippen molar-refractivity contribution in [3.05, 3.63) is 95.1 Å². The molecule has 0 aromatic heterocycles. The van der Waals surface area contributed by atoms with Crippen LogP contribution < -0.4 is 9.47 Å². The zero-order chi connectivity index (χ0) is 22.1. The molecule has 2 aliphatic rings. The molecule has 1 fully saturated rings. The standard InChI is InChI=1S/C26H25N3O3/c1-31-22-15-20-13-14-28-24(21(20)16-23(22)32-2)26(30)29(25(28)19-11-7-4-8-12-19)27-17-18-9-5-3-6-10-18/h3-12,15-17,24-25H,13-14H2,1-2H3/b27-17+/t24-,25+/m0/s1. The highest BCUT2D eigenvalue weighted by Crippen LogP contribution is 2.47. The predicted octanol–water partition coefficient (Wildman–Crippen LogP) is 4.18. The van der Waals surface area contributed by atoms with Crippen LogP contribution in [-0.4, -0.2) is 42.8 Å².